The lowest BCUT2D eigenvalue weighted by molar-refractivity contribution is -0.135. The van der Waals surface area contributed by atoms with Crippen LogP contribution in [-0.4, -0.2) is 90.1 Å². The molecule has 134 valence electrons. The summed E-state index contributed by atoms with van der Waals surface area (Å²) in [6.07, 6.45) is 5.67. The van der Waals surface area contributed by atoms with E-state index in [9.17, 15) is 4.79 Å². The van der Waals surface area contributed by atoms with Gasteiger partial charge in [0.1, 0.15) is 5.82 Å². The second-order valence-corrected chi connectivity index (χ2v) is 6.77. The minimum atomic E-state index is 0.165. The van der Waals surface area contributed by atoms with Crippen LogP contribution in [0.4, 0.5) is 0 Å². The van der Waals surface area contributed by atoms with Crippen molar-refractivity contribution in [3.8, 4) is 0 Å². The number of imidazole rings is 1. The molecule has 1 N–H and O–H groups in total. The van der Waals surface area contributed by atoms with Crippen molar-refractivity contribution in [3.63, 3.8) is 0 Å². The Morgan fingerprint density at radius 3 is 3.00 bits per heavy atom. The highest BCUT2D eigenvalue weighted by molar-refractivity contribution is 5.79. The van der Waals surface area contributed by atoms with Gasteiger partial charge in [0.05, 0.1) is 19.1 Å². The van der Waals surface area contributed by atoms with Gasteiger partial charge in [-0.25, -0.2) is 4.98 Å². The van der Waals surface area contributed by atoms with Crippen LogP contribution in [0, 0.1) is 5.92 Å². The monoisotopic (exact) mass is 335 g/mol. The fourth-order valence-corrected chi connectivity index (χ4v) is 3.66. The van der Waals surface area contributed by atoms with Crippen LogP contribution < -0.4 is 0 Å². The van der Waals surface area contributed by atoms with Gasteiger partial charge in [-0.05, 0) is 19.4 Å². The molecule has 1 unspecified atom stereocenters. The van der Waals surface area contributed by atoms with Crippen molar-refractivity contribution in [1.29, 1.82) is 0 Å². The first-order chi connectivity index (χ1) is 11.8. The van der Waals surface area contributed by atoms with E-state index in [2.05, 4.69) is 24.7 Å². The summed E-state index contributed by atoms with van der Waals surface area (Å²) in [5, 5.41) is 0. The van der Waals surface area contributed by atoms with Crippen LogP contribution >= 0.6 is 0 Å². The van der Waals surface area contributed by atoms with Crippen molar-refractivity contribution >= 4 is 5.91 Å². The average molecular weight is 335 g/mol. The predicted octanol–water partition coefficient (Wildman–Crippen LogP) is 0.412. The summed E-state index contributed by atoms with van der Waals surface area (Å²) in [6.45, 7) is 8.05. The van der Waals surface area contributed by atoms with Crippen LogP contribution in [0.15, 0.2) is 12.4 Å². The van der Waals surface area contributed by atoms with Crippen LogP contribution in [0.25, 0.3) is 0 Å². The number of ether oxygens (including phenoxy) is 1. The highest BCUT2D eigenvalue weighted by atomic mass is 16.5. The number of carbonyl (C=O) groups excluding carboxylic acids is 1. The van der Waals surface area contributed by atoms with Gasteiger partial charge >= 0.3 is 0 Å². The Morgan fingerprint density at radius 2 is 2.21 bits per heavy atom. The van der Waals surface area contributed by atoms with Crippen LogP contribution in [0.1, 0.15) is 18.7 Å². The second kappa shape index (κ2) is 8.60. The normalized spacial score (nSPS) is 23.5. The summed E-state index contributed by atoms with van der Waals surface area (Å²) in [6, 6.07) is 0. The number of carbonyl (C=O) groups is 1. The van der Waals surface area contributed by atoms with E-state index in [4.69, 9.17) is 4.74 Å². The summed E-state index contributed by atoms with van der Waals surface area (Å²) in [4.78, 5) is 27.1. The van der Waals surface area contributed by atoms with Gasteiger partial charge in [-0.2, -0.15) is 0 Å². The van der Waals surface area contributed by atoms with Crippen molar-refractivity contribution in [2.75, 3.05) is 59.5 Å². The molecule has 3 rings (SSSR count). The molecule has 0 radical (unpaired) electrons. The zero-order chi connectivity index (χ0) is 16.8. The van der Waals surface area contributed by atoms with Gasteiger partial charge in [-0.1, -0.05) is 0 Å². The van der Waals surface area contributed by atoms with E-state index >= 15 is 0 Å². The minimum absolute atomic E-state index is 0.165. The van der Waals surface area contributed by atoms with Crippen molar-refractivity contribution in [3.05, 3.63) is 18.2 Å². The van der Waals surface area contributed by atoms with E-state index < -0.39 is 0 Å². The molecule has 2 aliphatic rings. The molecule has 0 aromatic carbocycles. The summed E-state index contributed by atoms with van der Waals surface area (Å²) in [7, 11) is 1.73. The zero-order valence-corrected chi connectivity index (χ0v) is 14.6. The first-order valence-corrected chi connectivity index (χ1v) is 8.97. The molecule has 24 heavy (non-hydrogen) atoms. The molecule has 0 saturated carbocycles. The van der Waals surface area contributed by atoms with E-state index in [1.807, 2.05) is 6.20 Å². The lowest BCUT2D eigenvalue weighted by Gasteiger charge is -2.24. The molecule has 3 heterocycles. The molecule has 1 aromatic heterocycles. The van der Waals surface area contributed by atoms with Crippen molar-refractivity contribution < 1.29 is 9.53 Å². The third-order valence-corrected chi connectivity index (χ3v) is 5.06. The van der Waals surface area contributed by atoms with Gasteiger partial charge < -0.3 is 19.5 Å². The van der Waals surface area contributed by atoms with Crippen LogP contribution in [-0.2, 0) is 16.1 Å². The number of aromatic nitrogens is 2. The Kier molecular flexibility index (Phi) is 6.23. The number of methoxy groups -OCH3 is 1. The van der Waals surface area contributed by atoms with Gasteiger partial charge in [-0.3, -0.25) is 9.69 Å². The molecular formula is C17H29N5O2. The molecule has 1 amide bonds. The number of hydrogen-bond donors (Lipinski definition) is 1. The number of rotatable bonds is 6. The second-order valence-electron chi connectivity index (χ2n) is 6.77. The minimum Gasteiger partial charge on any atom is -0.383 e. The topological polar surface area (TPSA) is 64.7 Å². The molecule has 2 saturated heterocycles. The Morgan fingerprint density at radius 1 is 1.29 bits per heavy atom. The molecule has 1 aromatic rings. The number of amides is 1. The van der Waals surface area contributed by atoms with E-state index in [1.54, 1.807) is 13.3 Å². The maximum Gasteiger partial charge on any atom is 0.227 e. The average Bonchev–Trinajstić information content (AvgIpc) is 3.21. The molecule has 7 nitrogen and oxygen atoms in total. The maximum absolute atomic E-state index is 12.8. The Hall–Kier alpha value is -1.44. The van der Waals surface area contributed by atoms with E-state index in [-0.39, 0.29) is 5.92 Å². The number of likely N-dealkylation sites (tertiary alicyclic amines) is 1. The number of nitrogens with zero attached hydrogens (tertiary/aromatic N) is 4. The summed E-state index contributed by atoms with van der Waals surface area (Å²) in [5.74, 6) is 1.51. The molecular weight excluding hydrogens is 306 g/mol. The molecule has 1 atom stereocenters. The number of nitrogens with one attached hydrogen (secondary N) is 1. The van der Waals surface area contributed by atoms with Crippen LogP contribution in [0.5, 0.6) is 0 Å². The number of aromatic amines is 1. The Labute approximate surface area is 144 Å². The SMILES string of the molecule is COCCN1CCC(C(=O)N2CCCN(Cc3ncc[nH]3)CC2)C1. The standard InChI is InChI=1S/C17H29N5O2/c1-24-12-11-21-8-3-15(13-21)17(23)22-7-2-6-20(9-10-22)14-16-18-4-5-19-16/h4-5,15H,2-3,6-14H2,1H3,(H,18,19). The molecule has 0 spiro atoms. The fourth-order valence-electron chi connectivity index (χ4n) is 3.66. The number of H-pyrrole nitrogens is 1. The van der Waals surface area contributed by atoms with Gasteiger partial charge in [0, 0.05) is 58.8 Å². The van der Waals surface area contributed by atoms with Gasteiger partial charge in [0.15, 0.2) is 0 Å². The van der Waals surface area contributed by atoms with Crippen LogP contribution in [0.2, 0.25) is 0 Å². The van der Waals surface area contributed by atoms with Gasteiger partial charge in [0.25, 0.3) is 0 Å². The largest absolute Gasteiger partial charge is 0.383 e. The van der Waals surface area contributed by atoms with Crippen LogP contribution in [0.3, 0.4) is 0 Å². The number of hydrogen-bond acceptors (Lipinski definition) is 5. The highest BCUT2D eigenvalue weighted by Gasteiger charge is 2.31. The summed E-state index contributed by atoms with van der Waals surface area (Å²) in [5.41, 5.74) is 0. The van der Waals surface area contributed by atoms with Crippen molar-refractivity contribution in [1.82, 2.24) is 24.7 Å². The molecule has 2 fully saturated rings. The van der Waals surface area contributed by atoms with Crippen molar-refractivity contribution in [2.24, 2.45) is 5.92 Å². The van der Waals surface area contributed by atoms with E-state index in [0.29, 0.717) is 5.91 Å². The Balaban J connectivity index is 1.46. The lowest BCUT2D eigenvalue weighted by atomic mass is 10.1. The zero-order valence-electron chi connectivity index (χ0n) is 14.6. The molecule has 0 aliphatic carbocycles. The first-order valence-electron chi connectivity index (χ1n) is 8.97. The Bertz CT molecular complexity index is 507. The highest BCUT2D eigenvalue weighted by Crippen LogP contribution is 2.19. The quantitative estimate of drug-likeness (QED) is 0.816. The molecule has 2 aliphatic heterocycles. The van der Waals surface area contributed by atoms with E-state index in [0.717, 1.165) is 77.6 Å². The van der Waals surface area contributed by atoms with E-state index in [1.165, 1.54) is 0 Å². The van der Waals surface area contributed by atoms with Gasteiger partial charge in [0.2, 0.25) is 5.91 Å². The summed E-state index contributed by atoms with van der Waals surface area (Å²) >= 11 is 0. The molecule has 0 bridgehead atoms. The fraction of sp³-hybridized carbons (Fsp3) is 0.765. The van der Waals surface area contributed by atoms with Crippen molar-refractivity contribution in [2.45, 2.75) is 19.4 Å². The maximum atomic E-state index is 12.8. The third-order valence-electron chi connectivity index (χ3n) is 5.06. The first kappa shape index (κ1) is 17.4. The molecule has 7 heteroatoms. The smallest absolute Gasteiger partial charge is 0.227 e. The van der Waals surface area contributed by atoms with Gasteiger partial charge in [-0.15, -0.1) is 0 Å². The third kappa shape index (κ3) is 4.55. The summed E-state index contributed by atoms with van der Waals surface area (Å²) < 4.78 is 5.14. The predicted molar refractivity (Wildman–Crippen MR) is 91.5 cm³/mol. The lowest BCUT2D eigenvalue weighted by Crippen LogP contribution is -2.40.